The molecule has 1 amide bonds. The van der Waals surface area contributed by atoms with Crippen LogP contribution in [0.25, 0.3) is 32.7 Å². The number of rotatable bonds is 20. The summed E-state index contributed by atoms with van der Waals surface area (Å²) in [5, 5.41) is 32.5. The van der Waals surface area contributed by atoms with Gasteiger partial charge < -0.3 is 56.6 Å². The van der Waals surface area contributed by atoms with Crippen molar-refractivity contribution in [2.45, 2.75) is 86.5 Å². The fraction of sp³-hybridized carbons (Fsp3) is 0.238. The predicted octanol–water partition coefficient (Wildman–Crippen LogP) is 13.5. The van der Waals surface area contributed by atoms with E-state index in [1.54, 1.807) is 87.8 Å². The zero-order valence-corrected chi connectivity index (χ0v) is 66.2. The van der Waals surface area contributed by atoms with Gasteiger partial charge in [0.15, 0.2) is 23.6 Å². The van der Waals surface area contributed by atoms with Crippen LogP contribution in [-0.2, 0) is 28.5 Å². The molecule has 12 aromatic rings. The molecule has 34 heteroatoms. The molecule has 1 aliphatic rings. The monoisotopic (exact) mass is 1610 g/mol. The summed E-state index contributed by atoms with van der Waals surface area (Å²) in [5.74, 6) is -0.507. The summed E-state index contributed by atoms with van der Waals surface area (Å²) in [6.45, 7) is 17.4. The zero-order valence-electron chi connectivity index (χ0n) is 66.2. The summed E-state index contributed by atoms with van der Waals surface area (Å²) >= 11 is 0. The molecule has 1 aliphatic heterocycles. The molecule has 0 saturated carbocycles. The number of pyridine rings is 1. The predicted molar refractivity (Wildman–Crippen MR) is 442 cm³/mol. The summed E-state index contributed by atoms with van der Waals surface area (Å²) < 4.78 is 74.3. The molecule has 610 valence electrons. The van der Waals surface area contributed by atoms with Crippen LogP contribution < -0.4 is 57.6 Å². The molecule has 6 heterocycles. The normalized spacial score (nSPS) is 12.8. The maximum Gasteiger partial charge on any atom is 0.416 e. The van der Waals surface area contributed by atoms with Crippen LogP contribution in [0.2, 0.25) is 0 Å². The van der Waals surface area contributed by atoms with E-state index in [2.05, 4.69) is 87.2 Å². The van der Waals surface area contributed by atoms with Crippen LogP contribution >= 0.6 is 0 Å². The number of halogens is 4. The van der Waals surface area contributed by atoms with Crippen LogP contribution in [0, 0.1) is 47.4 Å². The van der Waals surface area contributed by atoms with Crippen molar-refractivity contribution in [1.29, 1.82) is 0 Å². The topological polar surface area (TPSA) is 428 Å². The Hall–Kier alpha value is -14.4. The average Bonchev–Trinajstić information content (AvgIpc) is 0.841. The van der Waals surface area contributed by atoms with E-state index < -0.39 is 41.4 Å². The van der Waals surface area contributed by atoms with Crippen molar-refractivity contribution in [3.8, 4) is 17.2 Å². The van der Waals surface area contributed by atoms with E-state index in [-0.39, 0.29) is 82.5 Å². The number of aliphatic imine (C=N–C) groups is 3. The third-order valence-corrected chi connectivity index (χ3v) is 18.1. The molecule has 0 aliphatic carbocycles. The van der Waals surface area contributed by atoms with E-state index in [1.165, 1.54) is 36.5 Å². The number of aromatic nitrogens is 9. The number of anilines is 5. The van der Waals surface area contributed by atoms with Crippen LogP contribution in [0.15, 0.2) is 179 Å². The number of carbonyl (C=O) groups is 4. The van der Waals surface area contributed by atoms with Gasteiger partial charge in [0.1, 0.15) is 28.9 Å². The molecular formula is C84H86F4N20O10. The maximum atomic E-state index is 14.1. The Morgan fingerprint density at radius 2 is 1.09 bits per heavy atom. The molecule has 1 fully saturated rings. The smallest absolute Gasteiger partial charge is 0.416 e. The molecule has 0 spiro atoms. The number of carboxylic acid groups (broad SMARTS) is 2. The number of carbonyl (C=O) groups excluding carboxylic acids is 2. The van der Waals surface area contributed by atoms with Crippen LogP contribution in [-0.4, -0.2) is 144 Å². The Morgan fingerprint density at radius 1 is 0.559 bits per heavy atom. The standard InChI is InChI=1S/C23H21F4N5O2.C22H27N5O3.C20H21N5O2.C19H17N5O3/c24-20-14-29-21(31-22(20)32-6-8-34-9-7-32)12-19(33)11-16-4-5-18(13-28-16)30-17-3-1-2-15(10-17)23(25,26)27;1-12-7-8-17-16(9-12)13(2)25-22(26-17)27-21(23)24-14(3)20-18(29-5)10-15(28-4)11-19(20)30-6;1-11-8-9-17-16(10-11)13(3)23-20(24-17)25-19(21)22-12(2)14-6-4-5-7-15(14)18(26)27;1-10-7-8-15-14(9-10)11(2)21-19(22-15)24-18(20)23-16(25)12-5-3-4-6-13(12)17(26)27/h1-5,10,13-14,30H,6-9,11-12H2;7-11,14H,1-6H3,(H3,23,24,25,26,27);4-10,12H,1-3H3,(H,26,27)(H3,21,22,23,24,25);3-9H,1-2H3,(H,26,27)(H3,20,21,22,23,24,25). The van der Waals surface area contributed by atoms with E-state index in [4.69, 9.17) is 36.1 Å². The van der Waals surface area contributed by atoms with E-state index in [0.29, 0.717) is 77.9 Å². The minimum Gasteiger partial charge on any atom is -0.496 e. The number of aryl methyl sites for hydroxylation is 6. The number of nitrogens with zero attached hydrogens (tertiary/aromatic N) is 13. The first-order valence-electron chi connectivity index (χ1n) is 36.6. The summed E-state index contributed by atoms with van der Waals surface area (Å²) in [4.78, 5) is 101. The Morgan fingerprint density at radius 3 is 1.63 bits per heavy atom. The number of nitrogens with one attached hydrogen (secondary N) is 4. The number of carboxylic acids is 2. The number of benzene rings is 7. The minimum atomic E-state index is -4.43. The van der Waals surface area contributed by atoms with Crippen molar-refractivity contribution in [2.75, 3.05) is 68.5 Å². The van der Waals surface area contributed by atoms with Crippen molar-refractivity contribution < 1.29 is 65.9 Å². The molecule has 13 rings (SSSR count). The number of alkyl halides is 3. The molecule has 2 atom stereocenters. The number of nitrogens with two attached hydrogens (primary N) is 3. The van der Waals surface area contributed by atoms with Crippen molar-refractivity contribution >= 4 is 109 Å². The van der Waals surface area contributed by atoms with Crippen LogP contribution in [0.4, 0.5) is 52.6 Å². The third-order valence-electron chi connectivity index (χ3n) is 18.1. The summed E-state index contributed by atoms with van der Waals surface area (Å²) in [5.41, 5.74) is 28.0. The number of Topliss-reactive ketones (excluding diaryl/α,β-unsaturated/α-hetero) is 1. The molecule has 7 aromatic carbocycles. The van der Waals surface area contributed by atoms with Crippen LogP contribution in [0.5, 0.6) is 17.2 Å². The largest absolute Gasteiger partial charge is 0.496 e. The average molecular weight is 1610 g/mol. The number of hydrogen-bond donors (Lipinski definition) is 9. The number of aromatic carboxylic acids is 2. The van der Waals surface area contributed by atoms with Crippen molar-refractivity contribution in [1.82, 2.24) is 50.2 Å². The van der Waals surface area contributed by atoms with Crippen molar-refractivity contribution in [3.05, 3.63) is 249 Å². The zero-order chi connectivity index (χ0) is 85.1. The highest BCUT2D eigenvalue weighted by molar-refractivity contribution is 6.11. The number of fused-ring (bicyclic) bond motifs is 3. The van der Waals surface area contributed by atoms with Crippen molar-refractivity contribution in [2.24, 2.45) is 32.2 Å². The molecule has 2 unspecified atom stereocenters. The second-order valence-electron chi connectivity index (χ2n) is 26.9. The first-order valence-corrected chi connectivity index (χ1v) is 36.6. The molecule has 0 radical (unpaired) electrons. The maximum absolute atomic E-state index is 14.1. The van der Waals surface area contributed by atoms with Gasteiger partial charge in [0, 0.05) is 59.2 Å². The van der Waals surface area contributed by atoms with Gasteiger partial charge >= 0.3 is 18.1 Å². The van der Waals surface area contributed by atoms with E-state index >= 15 is 0 Å². The van der Waals surface area contributed by atoms with Gasteiger partial charge in [0.05, 0.1) is 133 Å². The van der Waals surface area contributed by atoms with Crippen LogP contribution in [0.1, 0.15) is 119 Å². The number of ketones is 1. The quantitative estimate of drug-likeness (QED) is 0.0194. The van der Waals surface area contributed by atoms with Gasteiger partial charge in [-0.05, 0) is 146 Å². The molecule has 30 nitrogen and oxygen atoms in total. The number of amides is 1. The third kappa shape index (κ3) is 22.9. The summed E-state index contributed by atoms with van der Waals surface area (Å²) in [7, 11) is 4.76. The van der Waals surface area contributed by atoms with Gasteiger partial charge in [-0.15, -0.1) is 0 Å². The van der Waals surface area contributed by atoms with Gasteiger partial charge in [-0.2, -0.15) is 18.2 Å². The van der Waals surface area contributed by atoms with Gasteiger partial charge in [0.25, 0.3) is 11.9 Å². The summed E-state index contributed by atoms with van der Waals surface area (Å²) in [6.07, 6.45) is -2.00. The molecule has 5 aromatic heterocycles. The second kappa shape index (κ2) is 39.1. The van der Waals surface area contributed by atoms with Crippen molar-refractivity contribution in [3.63, 3.8) is 0 Å². The molecular weight excluding hydrogens is 1530 g/mol. The minimum absolute atomic E-state index is 0.0114. The van der Waals surface area contributed by atoms with E-state index in [0.717, 1.165) is 84.9 Å². The van der Waals surface area contributed by atoms with Gasteiger partial charge in [-0.1, -0.05) is 71.3 Å². The molecule has 118 heavy (non-hydrogen) atoms. The fourth-order valence-electron chi connectivity index (χ4n) is 12.3. The Labute approximate surface area is 675 Å². The highest BCUT2D eigenvalue weighted by Gasteiger charge is 2.31. The number of methoxy groups -OCH3 is 3. The van der Waals surface area contributed by atoms with Gasteiger partial charge in [-0.3, -0.25) is 30.5 Å². The highest BCUT2D eigenvalue weighted by atomic mass is 19.4. The highest BCUT2D eigenvalue weighted by Crippen LogP contribution is 2.40. The molecule has 1 saturated heterocycles. The second-order valence-corrected chi connectivity index (χ2v) is 26.9. The fourth-order valence-corrected chi connectivity index (χ4v) is 12.3. The lowest BCUT2D eigenvalue weighted by Gasteiger charge is -2.28. The number of ether oxygens (including phenoxy) is 4. The molecule has 12 N–H and O–H groups in total. The Kier molecular flexibility index (Phi) is 28.5. The lowest BCUT2D eigenvalue weighted by molar-refractivity contribution is -0.137. The first-order chi connectivity index (χ1) is 56.3. The number of morpholine rings is 1. The van der Waals surface area contributed by atoms with Gasteiger partial charge in [-0.25, -0.2) is 63.8 Å². The first kappa shape index (κ1) is 86.0. The molecule has 0 bridgehead atoms. The van der Waals surface area contributed by atoms with E-state index in [9.17, 15) is 47.0 Å². The Bertz CT molecular complexity index is 5770. The lowest BCUT2D eigenvalue weighted by atomic mass is 10.0. The SMILES string of the molecule is COc1cc(OC)c(C(C)N=C(N)Nc2nc(C)c3cc(C)ccc3n2)c(OC)c1.Cc1ccc2nc(N=C(N)NC(=O)c3ccccc3C(=O)O)nc(C)c2c1.Cc1ccc2nc(NC(N)=NC(C)c3ccccc3C(=O)O)nc(C)c2c1.O=C(Cc1ccc(Nc2cccc(C(F)(F)F)c2)cn1)Cc1ncc(F)c(N2CCOCC2)n1. The number of hydrogen-bond acceptors (Lipinski definition) is 22. The van der Waals surface area contributed by atoms with Gasteiger partial charge in [0.2, 0.25) is 17.9 Å². The van der Waals surface area contributed by atoms with Crippen LogP contribution in [0.3, 0.4) is 0 Å². The number of guanidine groups is 3. The van der Waals surface area contributed by atoms with E-state index in [1.807, 2.05) is 97.0 Å². The lowest BCUT2D eigenvalue weighted by Crippen LogP contribution is -2.37. The summed E-state index contributed by atoms with van der Waals surface area (Å²) in [6, 6.07) is 41.2. The Balaban J connectivity index is 0.000000166.